The summed E-state index contributed by atoms with van der Waals surface area (Å²) in [6, 6.07) is 2.10. The molecule has 0 aliphatic carbocycles. The molecular weight excluding hydrogens is 232 g/mol. The third-order valence-corrected chi connectivity index (χ3v) is 3.16. The van der Waals surface area contributed by atoms with E-state index in [1.54, 1.807) is 11.3 Å². The first-order valence-corrected chi connectivity index (χ1v) is 5.17. The molecule has 0 saturated heterocycles. The second-order valence-corrected chi connectivity index (χ2v) is 5.18. The summed E-state index contributed by atoms with van der Waals surface area (Å²) in [5.41, 5.74) is 1.31. The van der Waals surface area contributed by atoms with Crippen molar-refractivity contribution in [3.63, 3.8) is 0 Å². The molecule has 3 heteroatoms. The van der Waals surface area contributed by atoms with Crippen LogP contribution in [0, 0.1) is 0 Å². The lowest BCUT2D eigenvalue weighted by molar-refractivity contribution is 0.933. The zero-order valence-corrected chi connectivity index (χ0v) is 8.76. The summed E-state index contributed by atoms with van der Waals surface area (Å²) in [6.45, 7) is 2.01. The van der Waals surface area contributed by atoms with Gasteiger partial charge in [-0.25, -0.2) is 0 Å². The first-order valence-electron chi connectivity index (χ1n) is 3.06. The molecule has 1 aromatic rings. The smallest absolute Gasteiger partial charge is 0.0730 e. The Kier molecular flexibility index (Phi) is 3.21. The van der Waals surface area contributed by atoms with Gasteiger partial charge in [0.1, 0.15) is 0 Å². The minimum Gasteiger partial charge on any atom is -0.137 e. The molecule has 1 aromatic heterocycles. The molecule has 0 fully saturated rings. The number of thiophene rings is 1. The maximum Gasteiger partial charge on any atom is 0.0730 e. The van der Waals surface area contributed by atoms with Crippen LogP contribution in [0.3, 0.4) is 0 Å². The molecule has 0 spiro atoms. The predicted octanol–water partition coefficient (Wildman–Crippen LogP) is 3.68. The van der Waals surface area contributed by atoms with Crippen molar-refractivity contribution in [3.8, 4) is 0 Å². The average molecular weight is 240 g/mol. The highest BCUT2D eigenvalue weighted by Crippen LogP contribution is 2.25. The lowest BCUT2D eigenvalue weighted by atomic mass is 10.2. The summed E-state index contributed by atoms with van der Waals surface area (Å²) < 4.78 is 1.21. The zero-order chi connectivity index (χ0) is 7.56. The van der Waals surface area contributed by atoms with Gasteiger partial charge in [0.25, 0.3) is 0 Å². The van der Waals surface area contributed by atoms with Crippen LogP contribution in [0.15, 0.2) is 15.2 Å². The topological polar surface area (TPSA) is 0 Å². The van der Waals surface area contributed by atoms with E-state index in [-0.39, 0.29) is 5.38 Å². The molecule has 1 heterocycles. The molecule has 10 heavy (non-hydrogen) atoms. The Balaban J connectivity index is 2.65. The molecule has 1 rings (SSSR count). The highest BCUT2D eigenvalue weighted by Gasteiger charge is 2.03. The van der Waals surface area contributed by atoms with Crippen LogP contribution in [-0.4, -0.2) is 5.38 Å². The van der Waals surface area contributed by atoms with E-state index in [0.717, 1.165) is 6.42 Å². The summed E-state index contributed by atoms with van der Waals surface area (Å²) >= 11 is 11.0. The summed E-state index contributed by atoms with van der Waals surface area (Å²) in [5, 5.41) is 2.30. The second-order valence-electron chi connectivity index (χ2n) is 2.20. The van der Waals surface area contributed by atoms with Gasteiger partial charge in [0.05, 0.1) is 3.79 Å². The van der Waals surface area contributed by atoms with Gasteiger partial charge in [0, 0.05) is 5.38 Å². The Labute approximate surface area is 78.3 Å². The fraction of sp³-hybridized carbons (Fsp3) is 0.429. The van der Waals surface area contributed by atoms with Gasteiger partial charge in [-0.2, -0.15) is 0 Å². The van der Waals surface area contributed by atoms with Crippen molar-refractivity contribution in [1.29, 1.82) is 0 Å². The predicted molar refractivity (Wildman–Crippen MR) is 51.0 cm³/mol. The first kappa shape index (κ1) is 8.57. The summed E-state index contributed by atoms with van der Waals surface area (Å²) in [5.74, 6) is 0. The van der Waals surface area contributed by atoms with Crippen LogP contribution in [-0.2, 0) is 6.42 Å². The number of hydrogen-bond donors (Lipinski definition) is 0. The molecular formula is C7H8BrClS. The van der Waals surface area contributed by atoms with Crippen molar-refractivity contribution in [2.45, 2.75) is 18.7 Å². The molecule has 0 radical (unpaired) electrons. The molecule has 1 atom stereocenters. The van der Waals surface area contributed by atoms with E-state index in [0.29, 0.717) is 0 Å². The van der Waals surface area contributed by atoms with Crippen molar-refractivity contribution >= 4 is 38.9 Å². The van der Waals surface area contributed by atoms with Gasteiger partial charge in [0.2, 0.25) is 0 Å². The molecule has 0 N–H and O–H groups in total. The maximum atomic E-state index is 5.82. The SMILES string of the molecule is CC(Cl)Cc1ccsc1Br. The molecule has 0 nitrogen and oxygen atoms in total. The van der Waals surface area contributed by atoms with E-state index < -0.39 is 0 Å². The quantitative estimate of drug-likeness (QED) is 0.691. The van der Waals surface area contributed by atoms with Gasteiger partial charge in [0.15, 0.2) is 0 Å². The molecule has 56 valence electrons. The number of alkyl halides is 1. The summed E-state index contributed by atoms with van der Waals surface area (Å²) in [7, 11) is 0. The Morgan fingerprint density at radius 2 is 2.50 bits per heavy atom. The largest absolute Gasteiger partial charge is 0.137 e. The van der Waals surface area contributed by atoms with Crippen molar-refractivity contribution in [3.05, 3.63) is 20.8 Å². The Morgan fingerprint density at radius 1 is 1.80 bits per heavy atom. The fourth-order valence-corrected chi connectivity index (χ4v) is 2.21. The second kappa shape index (κ2) is 3.74. The Morgan fingerprint density at radius 3 is 2.90 bits per heavy atom. The summed E-state index contributed by atoms with van der Waals surface area (Å²) in [6.07, 6.45) is 0.950. The van der Waals surface area contributed by atoms with Gasteiger partial charge >= 0.3 is 0 Å². The molecule has 0 aromatic carbocycles. The lowest BCUT2D eigenvalue weighted by Crippen LogP contribution is -1.95. The number of halogens is 2. The van der Waals surface area contributed by atoms with Crippen LogP contribution in [0.25, 0.3) is 0 Å². The van der Waals surface area contributed by atoms with Crippen molar-refractivity contribution in [1.82, 2.24) is 0 Å². The van der Waals surface area contributed by atoms with E-state index in [2.05, 4.69) is 27.4 Å². The third kappa shape index (κ3) is 2.26. The van der Waals surface area contributed by atoms with Gasteiger partial charge in [-0.05, 0) is 46.3 Å². The third-order valence-electron chi connectivity index (χ3n) is 1.19. The van der Waals surface area contributed by atoms with Crippen LogP contribution < -0.4 is 0 Å². The van der Waals surface area contributed by atoms with E-state index in [1.165, 1.54) is 9.35 Å². The summed E-state index contributed by atoms with van der Waals surface area (Å²) in [4.78, 5) is 0. The van der Waals surface area contributed by atoms with Crippen LogP contribution >= 0.6 is 38.9 Å². The fourth-order valence-electron chi connectivity index (χ4n) is 0.768. The minimum atomic E-state index is 0.228. The average Bonchev–Trinajstić information content (AvgIpc) is 2.15. The molecule has 0 saturated carbocycles. The minimum absolute atomic E-state index is 0.228. The number of rotatable bonds is 2. The lowest BCUT2D eigenvalue weighted by Gasteiger charge is -1.99. The van der Waals surface area contributed by atoms with E-state index in [4.69, 9.17) is 11.6 Å². The standard InChI is InChI=1S/C7H8BrClS/c1-5(9)4-6-2-3-10-7(6)8/h2-3,5H,4H2,1H3. The van der Waals surface area contributed by atoms with Crippen molar-refractivity contribution in [2.75, 3.05) is 0 Å². The molecule has 0 aliphatic heterocycles. The van der Waals surface area contributed by atoms with E-state index >= 15 is 0 Å². The van der Waals surface area contributed by atoms with Gasteiger partial charge in [-0.3, -0.25) is 0 Å². The van der Waals surface area contributed by atoms with Crippen LogP contribution in [0.4, 0.5) is 0 Å². The first-order chi connectivity index (χ1) is 4.70. The van der Waals surface area contributed by atoms with E-state index in [1.807, 2.05) is 6.92 Å². The van der Waals surface area contributed by atoms with Gasteiger partial charge < -0.3 is 0 Å². The zero-order valence-electron chi connectivity index (χ0n) is 5.60. The van der Waals surface area contributed by atoms with Gasteiger partial charge in [-0.15, -0.1) is 22.9 Å². The highest BCUT2D eigenvalue weighted by molar-refractivity contribution is 9.11. The van der Waals surface area contributed by atoms with Crippen LogP contribution in [0.2, 0.25) is 0 Å². The van der Waals surface area contributed by atoms with Crippen molar-refractivity contribution < 1.29 is 0 Å². The molecule has 1 unspecified atom stereocenters. The monoisotopic (exact) mass is 238 g/mol. The van der Waals surface area contributed by atoms with Crippen molar-refractivity contribution in [2.24, 2.45) is 0 Å². The van der Waals surface area contributed by atoms with Crippen LogP contribution in [0.1, 0.15) is 12.5 Å². The molecule has 0 aliphatic rings. The molecule has 0 amide bonds. The van der Waals surface area contributed by atoms with Crippen LogP contribution in [0.5, 0.6) is 0 Å². The van der Waals surface area contributed by atoms with Gasteiger partial charge in [-0.1, -0.05) is 0 Å². The Bertz CT molecular complexity index is 207. The number of hydrogen-bond acceptors (Lipinski definition) is 1. The Hall–Kier alpha value is 0.470. The molecule has 0 bridgehead atoms. The van der Waals surface area contributed by atoms with E-state index in [9.17, 15) is 0 Å². The maximum absolute atomic E-state index is 5.82. The highest BCUT2D eigenvalue weighted by atomic mass is 79.9. The normalized spacial score (nSPS) is 13.5.